The SMILES string of the molecule is CCc1cccc(-c2c(Cl)cccc2[C@H](OCCNC(=O)OCCc2cc(F)cc(-c3c(F)cccc3[C@](O)(CCCNC(=O)OC)[C@@H]3CCCN(C(=O)c4ccc(N)nc4)C3)c2)[C@@H]2CCCN(C(=O)C3CCC(CNC)CC3)C2)c1. The predicted octanol–water partition coefficient (Wildman–Crippen LogP) is 10.7. The number of ether oxygens (including phenoxy) is 3. The van der Waals surface area contributed by atoms with Gasteiger partial charge in [0.15, 0.2) is 0 Å². The Kier molecular flexibility index (Phi) is 21.5. The molecule has 0 unspecified atom stereocenters. The van der Waals surface area contributed by atoms with Gasteiger partial charge >= 0.3 is 12.2 Å². The number of nitrogens with one attached hydrogen (secondary N) is 3. The van der Waals surface area contributed by atoms with E-state index in [9.17, 15) is 24.3 Å². The van der Waals surface area contributed by atoms with E-state index in [-0.39, 0.29) is 98.3 Å². The summed E-state index contributed by atoms with van der Waals surface area (Å²) in [7, 11) is 3.22. The predicted molar refractivity (Wildman–Crippen MR) is 309 cm³/mol. The molecule has 6 N–H and O–H groups in total. The molecular formula is C63H78ClF2N7O8. The number of anilines is 1. The normalized spacial score (nSPS) is 19.5. The highest BCUT2D eigenvalue weighted by Gasteiger charge is 2.44. The quantitative estimate of drug-likeness (QED) is 0.0414. The molecule has 4 aromatic carbocycles. The molecule has 18 heteroatoms. The topological polar surface area (TPSA) is 198 Å². The van der Waals surface area contributed by atoms with Crippen molar-refractivity contribution in [2.45, 2.75) is 95.7 Å². The molecule has 4 amide bonds. The second-order valence-electron chi connectivity index (χ2n) is 21.8. The summed E-state index contributed by atoms with van der Waals surface area (Å²) in [4.78, 5) is 60.8. The number of benzene rings is 4. The Hall–Kier alpha value is -6.66. The molecule has 15 nitrogen and oxygen atoms in total. The standard InChI is InChI=1S/C63H78ClF2N7O8/c1-4-41-11-5-12-45(33-41)56-51(15-6-17-53(56)64)58(47-13-8-29-72(39-47)59(74)44-21-19-42(20-22-44)37-68-2)80-32-28-70-62(77)81-31-25-43-34-48(36-50(65)35-43)57-52(16-7-18-54(57)66)63(78,26-10-27-69-61(76)79-3)49-14-9-30-73(40-49)60(75)46-23-24-55(67)71-38-46/h5-7,11-12,15-18,23-24,33-36,38,42,44,47,49,58,68,78H,4,8-10,13-14,19-22,25-32,37,39-40H2,1-3H3,(H2,67,71)(H,69,76)(H,70,77)/t42?,44?,47-,49-,58-,63+/m1/s1. The summed E-state index contributed by atoms with van der Waals surface area (Å²) in [6.07, 6.45) is 7.37. The largest absolute Gasteiger partial charge is 0.453 e. The number of carbonyl (C=O) groups is 4. The average Bonchev–Trinajstić information content (AvgIpc) is 3.53. The number of aliphatic hydroxyl groups is 1. The first-order valence-electron chi connectivity index (χ1n) is 28.7. The van der Waals surface area contributed by atoms with Crippen LogP contribution in [0.15, 0.2) is 97.2 Å². The van der Waals surface area contributed by atoms with E-state index in [0.29, 0.717) is 54.5 Å². The molecule has 81 heavy (non-hydrogen) atoms. The van der Waals surface area contributed by atoms with Crippen LogP contribution in [-0.4, -0.2) is 117 Å². The minimum absolute atomic E-state index is 0.0129. The van der Waals surface area contributed by atoms with Crippen LogP contribution in [0.25, 0.3) is 22.3 Å². The van der Waals surface area contributed by atoms with Gasteiger partial charge in [0.2, 0.25) is 5.91 Å². The number of rotatable bonds is 22. The summed E-state index contributed by atoms with van der Waals surface area (Å²) >= 11 is 7.05. The highest BCUT2D eigenvalue weighted by Crippen LogP contribution is 2.46. The maximum absolute atomic E-state index is 16.4. The van der Waals surface area contributed by atoms with Crippen LogP contribution in [0.3, 0.4) is 0 Å². The molecule has 1 aliphatic carbocycles. The second kappa shape index (κ2) is 28.8. The molecule has 4 atom stereocenters. The fourth-order valence-electron chi connectivity index (χ4n) is 12.3. The molecule has 1 saturated carbocycles. The maximum atomic E-state index is 16.4. The molecule has 434 valence electrons. The van der Waals surface area contributed by atoms with Gasteiger partial charge in [-0.25, -0.2) is 23.4 Å². The molecule has 3 heterocycles. The van der Waals surface area contributed by atoms with Crippen molar-refractivity contribution in [3.63, 3.8) is 0 Å². The number of halogens is 3. The van der Waals surface area contributed by atoms with Crippen LogP contribution in [-0.2, 0) is 37.4 Å². The maximum Gasteiger partial charge on any atom is 0.407 e. The number of likely N-dealkylation sites (tertiary alicyclic amines) is 2. The Labute approximate surface area is 479 Å². The Morgan fingerprint density at radius 2 is 1.58 bits per heavy atom. The number of carbonyl (C=O) groups excluding carboxylic acids is 4. The number of piperidine rings is 2. The molecule has 8 rings (SSSR count). The molecule has 0 bridgehead atoms. The Balaban J connectivity index is 0.944. The summed E-state index contributed by atoms with van der Waals surface area (Å²) in [6, 6.07) is 25.8. The van der Waals surface area contributed by atoms with Gasteiger partial charge in [-0.3, -0.25) is 9.59 Å². The van der Waals surface area contributed by atoms with Gasteiger partial charge in [0, 0.05) is 85.8 Å². The van der Waals surface area contributed by atoms with Crippen LogP contribution in [0, 0.1) is 35.3 Å². The van der Waals surface area contributed by atoms with Crippen molar-refractivity contribution in [1.29, 1.82) is 0 Å². The van der Waals surface area contributed by atoms with Gasteiger partial charge in [-0.2, -0.15) is 0 Å². The van der Waals surface area contributed by atoms with Crippen molar-refractivity contribution in [3.05, 3.63) is 142 Å². The minimum atomic E-state index is -1.76. The van der Waals surface area contributed by atoms with Gasteiger partial charge in [0.25, 0.3) is 5.91 Å². The lowest BCUT2D eigenvalue weighted by atomic mass is 9.72. The zero-order valence-corrected chi connectivity index (χ0v) is 47.6. The molecular weight excluding hydrogens is 1060 g/mol. The van der Waals surface area contributed by atoms with E-state index in [2.05, 4.69) is 46.1 Å². The van der Waals surface area contributed by atoms with Crippen LogP contribution in [0.5, 0.6) is 0 Å². The number of aromatic nitrogens is 1. The Morgan fingerprint density at radius 1 is 0.827 bits per heavy atom. The third-order valence-corrected chi connectivity index (χ3v) is 16.8. The second-order valence-corrected chi connectivity index (χ2v) is 22.2. The van der Waals surface area contributed by atoms with E-state index >= 15 is 8.78 Å². The highest BCUT2D eigenvalue weighted by molar-refractivity contribution is 6.33. The van der Waals surface area contributed by atoms with Gasteiger partial charge in [0.1, 0.15) is 17.5 Å². The van der Waals surface area contributed by atoms with E-state index in [0.717, 1.165) is 68.2 Å². The number of hydrogen-bond donors (Lipinski definition) is 5. The molecule has 0 spiro atoms. The number of nitrogens with two attached hydrogens (primary N) is 1. The van der Waals surface area contributed by atoms with Crippen molar-refractivity contribution < 1.29 is 47.3 Å². The summed E-state index contributed by atoms with van der Waals surface area (Å²) in [6.45, 7) is 5.09. The molecule has 2 aliphatic heterocycles. The smallest absolute Gasteiger partial charge is 0.407 e. The minimum Gasteiger partial charge on any atom is -0.453 e. The fourth-order valence-corrected chi connectivity index (χ4v) is 12.6. The molecule has 3 aliphatic rings. The third kappa shape index (κ3) is 15.5. The zero-order valence-electron chi connectivity index (χ0n) is 46.8. The number of methoxy groups -OCH3 is 1. The van der Waals surface area contributed by atoms with E-state index in [1.807, 2.05) is 36.2 Å². The van der Waals surface area contributed by atoms with Crippen LogP contribution in [0.1, 0.15) is 110 Å². The fraction of sp³-hybridized carbons (Fsp3) is 0.476. The summed E-state index contributed by atoms with van der Waals surface area (Å²) in [5, 5.41) is 22.3. The Bertz CT molecular complexity index is 2940. The average molecular weight is 1130 g/mol. The van der Waals surface area contributed by atoms with Crippen LogP contribution in [0.2, 0.25) is 5.02 Å². The number of hydrogen-bond acceptors (Lipinski definition) is 11. The summed E-state index contributed by atoms with van der Waals surface area (Å²) in [5.74, 6) is -1.21. The van der Waals surface area contributed by atoms with Crippen molar-refractivity contribution in [1.82, 2.24) is 30.7 Å². The van der Waals surface area contributed by atoms with E-state index in [1.54, 1.807) is 29.2 Å². The number of amides is 4. The number of alkyl carbamates (subject to hydrolysis) is 2. The van der Waals surface area contributed by atoms with E-state index < -0.39 is 41.4 Å². The molecule has 3 fully saturated rings. The number of aryl methyl sites for hydroxylation is 1. The zero-order chi connectivity index (χ0) is 57.5. The number of pyridine rings is 1. The van der Waals surface area contributed by atoms with Crippen molar-refractivity contribution in [2.75, 3.05) is 78.9 Å². The lowest BCUT2D eigenvalue weighted by Gasteiger charge is -2.43. The van der Waals surface area contributed by atoms with Gasteiger partial charge in [-0.05, 0) is 160 Å². The van der Waals surface area contributed by atoms with Crippen LogP contribution in [0.4, 0.5) is 24.2 Å². The van der Waals surface area contributed by atoms with Crippen LogP contribution < -0.4 is 21.7 Å². The molecule has 2 saturated heterocycles. The van der Waals surface area contributed by atoms with Gasteiger partial charge in [-0.15, -0.1) is 0 Å². The number of nitrogen functional groups attached to an aromatic ring is 1. The van der Waals surface area contributed by atoms with E-state index in [1.165, 1.54) is 43.1 Å². The van der Waals surface area contributed by atoms with Crippen LogP contribution >= 0.6 is 11.6 Å². The van der Waals surface area contributed by atoms with Gasteiger partial charge in [-0.1, -0.05) is 73.1 Å². The molecule has 5 aromatic rings. The van der Waals surface area contributed by atoms with Crippen molar-refractivity contribution in [3.8, 4) is 22.3 Å². The first-order chi connectivity index (χ1) is 39.2. The van der Waals surface area contributed by atoms with E-state index in [4.69, 9.17) is 31.5 Å². The molecule has 1 aromatic heterocycles. The third-order valence-electron chi connectivity index (χ3n) is 16.5. The summed E-state index contributed by atoms with van der Waals surface area (Å²) in [5.41, 5.74) is 9.06. The highest BCUT2D eigenvalue weighted by atomic mass is 35.5. The van der Waals surface area contributed by atoms with Gasteiger partial charge < -0.3 is 50.8 Å². The first kappa shape index (κ1) is 60.4. The van der Waals surface area contributed by atoms with Gasteiger partial charge in [0.05, 0.1) is 37.6 Å². The van der Waals surface area contributed by atoms with Crippen molar-refractivity contribution in [2.24, 2.45) is 23.7 Å². The first-order valence-corrected chi connectivity index (χ1v) is 29.0. The summed E-state index contributed by atoms with van der Waals surface area (Å²) < 4.78 is 49.3. The Morgan fingerprint density at radius 3 is 2.35 bits per heavy atom. The monoisotopic (exact) mass is 1130 g/mol. The van der Waals surface area contributed by atoms with Crippen molar-refractivity contribution >= 4 is 41.4 Å². The lowest BCUT2D eigenvalue weighted by molar-refractivity contribution is -0.140. The lowest BCUT2D eigenvalue weighted by Crippen LogP contribution is -2.48. The number of nitrogens with zero attached hydrogens (tertiary/aromatic N) is 3. The molecule has 0 radical (unpaired) electrons.